The van der Waals surface area contributed by atoms with Crippen molar-refractivity contribution in [3.05, 3.63) is 23.8 Å². The normalized spacial score (nSPS) is 10.7. The quantitative estimate of drug-likeness (QED) is 0.703. The average molecular weight is 284 g/mol. The molecule has 0 spiro atoms. The number of methoxy groups -OCH3 is 2. The third kappa shape index (κ3) is 4.69. The van der Waals surface area contributed by atoms with Crippen LogP contribution in [0.4, 0.5) is 5.69 Å². The number of benzene rings is 1. The second kappa shape index (κ2) is 9.20. The van der Waals surface area contributed by atoms with Crippen LogP contribution in [0.5, 0.6) is 0 Å². The minimum absolute atomic E-state index is 0.544. The molecule has 2 N–H and O–H groups in total. The molecule has 0 bridgehead atoms. The van der Waals surface area contributed by atoms with Gasteiger partial charge in [0.05, 0.1) is 13.2 Å². The largest absolute Gasteiger partial charge is 0.383 e. The molecule has 0 fully saturated rings. The molecule has 0 heterocycles. The number of rotatable bonds is 9. The Morgan fingerprint density at radius 1 is 1.16 bits per heavy atom. The summed E-state index contributed by atoms with van der Waals surface area (Å²) in [5, 5.41) is 0. The van der Waals surface area contributed by atoms with Crippen molar-refractivity contribution < 1.29 is 9.47 Å². The van der Waals surface area contributed by atoms with E-state index in [9.17, 15) is 0 Å². The highest BCUT2D eigenvalue weighted by Gasteiger charge is 2.13. The molecule has 1 rings (SSSR count). The highest BCUT2D eigenvalue weighted by Crippen LogP contribution is 2.29. The van der Waals surface area contributed by atoms with Gasteiger partial charge in [0.1, 0.15) is 0 Å². The van der Waals surface area contributed by atoms with Crippen LogP contribution in [0.2, 0.25) is 0 Å². The number of hydrogen-bond acceptors (Lipinski definition) is 5. The summed E-state index contributed by atoms with van der Waals surface area (Å²) in [5.74, 6) is 0. The first-order valence-corrected chi connectivity index (χ1v) is 7.59. The number of hydrogen-bond donors (Lipinski definition) is 1. The number of ether oxygens (including phenoxy) is 2. The van der Waals surface area contributed by atoms with E-state index in [1.54, 1.807) is 26.0 Å². The molecular formula is C14H24N2O2S. The van der Waals surface area contributed by atoms with Crippen molar-refractivity contribution in [2.45, 2.75) is 11.4 Å². The van der Waals surface area contributed by atoms with Gasteiger partial charge in [-0.1, -0.05) is 6.07 Å². The van der Waals surface area contributed by atoms with E-state index in [0.29, 0.717) is 19.8 Å². The fourth-order valence-corrected chi connectivity index (χ4v) is 2.65. The smallest absolute Gasteiger partial charge is 0.0637 e. The lowest BCUT2D eigenvalue weighted by molar-refractivity contribution is 0.190. The third-order valence-electron chi connectivity index (χ3n) is 3.00. The second-order valence-electron chi connectivity index (χ2n) is 4.13. The van der Waals surface area contributed by atoms with Gasteiger partial charge in [0, 0.05) is 50.0 Å². The first-order chi connectivity index (χ1) is 9.28. The molecular weight excluding hydrogens is 260 g/mol. The predicted octanol–water partition coefficient (Wildman–Crippen LogP) is 1.97. The van der Waals surface area contributed by atoms with Gasteiger partial charge in [0.15, 0.2) is 0 Å². The lowest BCUT2D eigenvalue weighted by Gasteiger charge is -2.27. The Morgan fingerprint density at radius 2 is 1.79 bits per heavy atom. The maximum atomic E-state index is 5.92. The van der Waals surface area contributed by atoms with E-state index in [1.807, 2.05) is 0 Å². The monoisotopic (exact) mass is 284 g/mol. The Hall–Kier alpha value is -0.750. The van der Waals surface area contributed by atoms with E-state index >= 15 is 0 Å². The van der Waals surface area contributed by atoms with E-state index in [-0.39, 0.29) is 0 Å². The third-order valence-corrected chi connectivity index (χ3v) is 3.83. The molecule has 0 saturated carbocycles. The molecule has 1 aromatic carbocycles. The number of anilines is 1. The van der Waals surface area contributed by atoms with Gasteiger partial charge >= 0.3 is 0 Å². The molecule has 0 aromatic heterocycles. The SMILES string of the molecule is COCCN(CCOC)c1cccc(SC)c1CN. The van der Waals surface area contributed by atoms with Gasteiger partial charge in [-0.3, -0.25) is 0 Å². The zero-order valence-corrected chi connectivity index (χ0v) is 12.8. The van der Waals surface area contributed by atoms with Crippen molar-refractivity contribution in [2.75, 3.05) is 51.7 Å². The summed E-state index contributed by atoms with van der Waals surface area (Å²) in [7, 11) is 3.44. The number of nitrogens with zero attached hydrogens (tertiary/aromatic N) is 1. The number of thioether (sulfide) groups is 1. The van der Waals surface area contributed by atoms with Gasteiger partial charge in [-0.05, 0) is 18.4 Å². The van der Waals surface area contributed by atoms with Crippen molar-refractivity contribution in [1.82, 2.24) is 0 Å². The Kier molecular flexibility index (Phi) is 7.90. The molecule has 0 atom stereocenters. The van der Waals surface area contributed by atoms with E-state index < -0.39 is 0 Å². The first kappa shape index (κ1) is 16.3. The maximum Gasteiger partial charge on any atom is 0.0637 e. The van der Waals surface area contributed by atoms with Crippen molar-refractivity contribution in [3.63, 3.8) is 0 Å². The van der Waals surface area contributed by atoms with Crippen molar-refractivity contribution in [3.8, 4) is 0 Å². The van der Waals surface area contributed by atoms with Crippen LogP contribution >= 0.6 is 11.8 Å². The van der Waals surface area contributed by atoms with Crippen LogP contribution in [0.3, 0.4) is 0 Å². The van der Waals surface area contributed by atoms with Gasteiger partial charge in [0.2, 0.25) is 0 Å². The molecule has 0 amide bonds. The molecule has 0 unspecified atom stereocenters. The molecule has 19 heavy (non-hydrogen) atoms. The van der Waals surface area contributed by atoms with Gasteiger partial charge in [-0.15, -0.1) is 11.8 Å². The molecule has 0 saturated heterocycles. The van der Waals surface area contributed by atoms with Crippen molar-refractivity contribution >= 4 is 17.4 Å². The highest BCUT2D eigenvalue weighted by atomic mass is 32.2. The zero-order valence-electron chi connectivity index (χ0n) is 12.0. The second-order valence-corrected chi connectivity index (χ2v) is 4.98. The first-order valence-electron chi connectivity index (χ1n) is 6.37. The summed E-state index contributed by atoms with van der Waals surface area (Å²) in [6.07, 6.45) is 2.08. The molecule has 0 aliphatic heterocycles. The summed E-state index contributed by atoms with van der Waals surface area (Å²) in [5.41, 5.74) is 8.30. The molecule has 1 aromatic rings. The fourth-order valence-electron chi connectivity index (χ4n) is 2.00. The van der Waals surface area contributed by atoms with E-state index in [0.717, 1.165) is 13.1 Å². The van der Waals surface area contributed by atoms with Crippen LogP contribution in [-0.2, 0) is 16.0 Å². The van der Waals surface area contributed by atoms with E-state index in [2.05, 4.69) is 29.4 Å². The van der Waals surface area contributed by atoms with Gasteiger partial charge in [0.25, 0.3) is 0 Å². The average Bonchev–Trinajstić information content (AvgIpc) is 2.46. The highest BCUT2D eigenvalue weighted by molar-refractivity contribution is 7.98. The summed E-state index contributed by atoms with van der Waals surface area (Å²) >= 11 is 1.73. The minimum atomic E-state index is 0.544. The van der Waals surface area contributed by atoms with Crippen LogP contribution in [-0.4, -0.2) is 46.8 Å². The molecule has 108 valence electrons. The van der Waals surface area contributed by atoms with Gasteiger partial charge in [-0.2, -0.15) is 0 Å². The van der Waals surface area contributed by atoms with Crippen LogP contribution in [0.25, 0.3) is 0 Å². The van der Waals surface area contributed by atoms with Crippen molar-refractivity contribution in [2.24, 2.45) is 5.73 Å². The van der Waals surface area contributed by atoms with Crippen LogP contribution in [0.1, 0.15) is 5.56 Å². The van der Waals surface area contributed by atoms with Crippen LogP contribution in [0.15, 0.2) is 23.1 Å². The molecule has 5 heteroatoms. The van der Waals surface area contributed by atoms with E-state index in [1.165, 1.54) is 16.1 Å². The number of nitrogens with two attached hydrogens (primary N) is 1. The van der Waals surface area contributed by atoms with Crippen molar-refractivity contribution in [1.29, 1.82) is 0 Å². The van der Waals surface area contributed by atoms with Crippen LogP contribution < -0.4 is 10.6 Å². The standard InChI is InChI=1S/C14H24N2O2S/c1-17-9-7-16(8-10-18-2)13-5-4-6-14(19-3)12(13)11-15/h4-6H,7-11,15H2,1-3H3. The Bertz CT molecular complexity index is 366. The molecule has 0 radical (unpaired) electrons. The van der Waals surface area contributed by atoms with Gasteiger partial charge < -0.3 is 20.1 Å². The zero-order chi connectivity index (χ0) is 14.1. The van der Waals surface area contributed by atoms with Gasteiger partial charge in [-0.25, -0.2) is 0 Å². The lowest BCUT2D eigenvalue weighted by atomic mass is 10.1. The summed E-state index contributed by atoms with van der Waals surface area (Å²) in [6, 6.07) is 6.31. The maximum absolute atomic E-state index is 5.92. The summed E-state index contributed by atoms with van der Waals surface area (Å²) < 4.78 is 10.4. The molecule has 0 aliphatic carbocycles. The summed E-state index contributed by atoms with van der Waals surface area (Å²) in [6.45, 7) is 3.60. The Morgan fingerprint density at radius 3 is 2.26 bits per heavy atom. The minimum Gasteiger partial charge on any atom is -0.383 e. The van der Waals surface area contributed by atoms with Crippen LogP contribution in [0, 0.1) is 0 Å². The fraction of sp³-hybridized carbons (Fsp3) is 0.571. The topological polar surface area (TPSA) is 47.7 Å². The van der Waals surface area contributed by atoms with E-state index in [4.69, 9.17) is 15.2 Å². The Labute approximate surface area is 120 Å². The summed E-state index contributed by atoms with van der Waals surface area (Å²) in [4.78, 5) is 3.51. The predicted molar refractivity (Wildman–Crippen MR) is 82.1 cm³/mol. The Balaban J connectivity index is 2.98. The molecule has 0 aliphatic rings. The molecule has 4 nitrogen and oxygen atoms in total. The lowest BCUT2D eigenvalue weighted by Crippen LogP contribution is -2.31.